The van der Waals surface area contributed by atoms with Crippen LogP contribution in [0.15, 0.2) is 24.5 Å². The third-order valence-electron chi connectivity index (χ3n) is 2.25. The molecule has 0 radical (unpaired) electrons. The first-order valence-electron chi connectivity index (χ1n) is 5.55. The van der Waals surface area contributed by atoms with Crippen LogP contribution < -0.4 is 5.32 Å². The molecule has 1 atom stereocenters. The summed E-state index contributed by atoms with van der Waals surface area (Å²) in [6.45, 7) is 6.79. The highest BCUT2D eigenvalue weighted by Gasteiger charge is 2.02. The number of pyridine rings is 1. The van der Waals surface area contributed by atoms with Crippen LogP contribution in [0.2, 0.25) is 0 Å². The Balaban J connectivity index is 2.16. The van der Waals surface area contributed by atoms with Crippen LogP contribution in [0.3, 0.4) is 0 Å². The van der Waals surface area contributed by atoms with Crippen molar-refractivity contribution in [2.45, 2.75) is 26.3 Å². The molecule has 0 saturated carbocycles. The first-order chi connectivity index (χ1) is 7.34. The summed E-state index contributed by atoms with van der Waals surface area (Å²) in [7, 11) is 0. The minimum atomic E-state index is 0.359. The first kappa shape index (κ1) is 12.1. The van der Waals surface area contributed by atoms with E-state index in [1.165, 1.54) is 5.56 Å². The minimum Gasteiger partial charge on any atom is -0.380 e. The van der Waals surface area contributed by atoms with Gasteiger partial charge in [0.15, 0.2) is 0 Å². The summed E-state index contributed by atoms with van der Waals surface area (Å²) >= 11 is 0. The average molecular weight is 208 g/mol. The van der Waals surface area contributed by atoms with Gasteiger partial charge >= 0.3 is 0 Å². The lowest BCUT2D eigenvalue weighted by atomic mass is 10.1. The quantitative estimate of drug-likeness (QED) is 0.697. The Labute approximate surface area is 91.9 Å². The standard InChI is InChI=1S/C12H20N2O/c1-3-9-15-10-8-14-11(2)12-4-6-13-7-5-12/h4-7,11,14H,3,8-10H2,1-2H3/t11-/m1/s1. The van der Waals surface area contributed by atoms with Gasteiger partial charge in [-0.25, -0.2) is 0 Å². The Kier molecular flexibility index (Phi) is 5.97. The second-order valence-corrected chi connectivity index (χ2v) is 3.57. The Morgan fingerprint density at radius 1 is 1.33 bits per heavy atom. The van der Waals surface area contributed by atoms with Crippen molar-refractivity contribution < 1.29 is 4.74 Å². The van der Waals surface area contributed by atoms with E-state index in [0.717, 1.165) is 26.2 Å². The van der Waals surface area contributed by atoms with Crippen LogP contribution in [0, 0.1) is 0 Å². The van der Waals surface area contributed by atoms with E-state index >= 15 is 0 Å². The van der Waals surface area contributed by atoms with Gasteiger partial charge < -0.3 is 10.1 Å². The van der Waals surface area contributed by atoms with E-state index in [4.69, 9.17) is 4.74 Å². The maximum atomic E-state index is 5.39. The summed E-state index contributed by atoms with van der Waals surface area (Å²) in [6, 6.07) is 4.42. The third kappa shape index (κ3) is 4.91. The molecule has 1 aromatic rings. The lowest BCUT2D eigenvalue weighted by Crippen LogP contribution is -2.23. The van der Waals surface area contributed by atoms with Crippen LogP contribution in [-0.4, -0.2) is 24.7 Å². The molecule has 0 fully saturated rings. The second kappa shape index (κ2) is 7.37. The molecule has 1 heterocycles. The van der Waals surface area contributed by atoms with Gasteiger partial charge in [0, 0.05) is 31.6 Å². The van der Waals surface area contributed by atoms with Crippen LogP contribution in [-0.2, 0) is 4.74 Å². The predicted octanol–water partition coefficient (Wildman–Crippen LogP) is 2.16. The van der Waals surface area contributed by atoms with Crippen LogP contribution in [0.25, 0.3) is 0 Å². The highest BCUT2D eigenvalue weighted by molar-refractivity contribution is 5.13. The van der Waals surface area contributed by atoms with Crippen LogP contribution >= 0.6 is 0 Å². The highest BCUT2D eigenvalue weighted by Crippen LogP contribution is 2.09. The van der Waals surface area contributed by atoms with Gasteiger partial charge in [0.1, 0.15) is 0 Å². The lowest BCUT2D eigenvalue weighted by Gasteiger charge is -2.13. The summed E-state index contributed by atoms with van der Waals surface area (Å²) in [5.74, 6) is 0. The molecule has 0 spiro atoms. The van der Waals surface area contributed by atoms with Gasteiger partial charge in [0.2, 0.25) is 0 Å². The number of aromatic nitrogens is 1. The second-order valence-electron chi connectivity index (χ2n) is 3.57. The molecule has 0 amide bonds. The molecule has 0 saturated heterocycles. The Morgan fingerprint density at radius 2 is 2.07 bits per heavy atom. The van der Waals surface area contributed by atoms with Gasteiger partial charge in [-0.05, 0) is 31.0 Å². The Bertz CT molecular complexity index is 251. The largest absolute Gasteiger partial charge is 0.380 e. The summed E-state index contributed by atoms with van der Waals surface area (Å²) in [6.07, 6.45) is 4.72. The maximum Gasteiger partial charge on any atom is 0.0591 e. The van der Waals surface area contributed by atoms with E-state index in [-0.39, 0.29) is 0 Å². The van der Waals surface area contributed by atoms with Crippen LogP contribution in [0.1, 0.15) is 31.9 Å². The number of ether oxygens (including phenoxy) is 1. The predicted molar refractivity (Wildman–Crippen MR) is 61.8 cm³/mol. The van der Waals surface area contributed by atoms with Gasteiger partial charge in [0.25, 0.3) is 0 Å². The molecule has 3 heteroatoms. The van der Waals surface area contributed by atoms with Gasteiger partial charge in [-0.2, -0.15) is 0 Å². The normalized spacial score (nSPS) is 12.7. The van der Waals surface area contributed by atoms with Crippen molar-refractivity contribution in [3.8, 4) is 0 Å². The van der Waals surface area contributed by atoms with Crippen molar-refractivity contribution in [1.29, 1.82) is 0 Å². The van der Waals surface area contributed by atoms with Gasteiger partial charge in [-0.15, -0.1) is 0 Å². The van der Waals surface area contributed by atoms with Gasteiger partial charge in [-0.1, -0.05) is 6.92 Å². The van der Waals surface area contributed by atoms with Crippen molar-refractivity contribution in [3.05, 3.63) is 30.1 Å². The maximum absolute atomic E-state index is 5.39. The molecule has 0 aromatic carbocycles. The van der Waals surface area contributed by atoms with Crippen molar-refractivity contribution >= 4 is 0 Å². The van der Waals surface area contributed by atoms with E-state index in [1.807, 2.05) is 24.5 Å². The molecule has 0 unspecified atom stereocenters. The molecule has 1 aromatic heterocycles. The van der Waals surface area contributed by atoms with Crippen LogP contribution in [0.4, 0.5) is 0 Å². The summed E-state index contributed by atoms with van der Waals surface area (Å²) in [5.41, 5.74) is 1.26. The molecule has 0 bridgehead atoms. The lowest BCUT2D eigenvalue weighted by molar-refractivity contribution is 0.135. The zero-order valence-electron chi connectivity index (χ0n) is 9.57. The van der Waals surface area contributed by atoms with Crippen molar-refractivity contribution in [1.82, 2.24) is 10.3 Å². The Morgan fingerprint density at radius 3 is 2.73 bits per heavy atom. The van der Waals surface area contributed by atoms with Crippen molar-refractivity contribution in [3.63, 3.8) is 0 Å². The number of nitrogens with zero attached hydrogens (tertiary/aromatic N) is 1. The Hall–Kier alpha value is -0.930. The van der Waals surface area contributed by atoms with E-state index in [2.05, 4.69) is 24.1 Å². The van der Waals surface area contributed by atoms with E-state index in [9.17, 15) is 0 Å². The van der Waals surface area contributed by atoms with Gasteiger partial charge in [-0.3, -0.25) is 4.98 Å². The van der Waals surface area contributed by atoms with E-state index in [1.54, 1.807) is 0 Å². The number of nitrogens with one attached hydrogen (secondary N) is 1. The van der Waals surface area contributed by atoms with Crippen molar-refractivity contribution in [2.75, 3.05) is 19.8 Å². The topological polar surface area (TPSA) is 34.1 Å². The molecule has 84 valence electrons. The smallest absolute Gasteiger partial charge is 0.0591 e. The highest BCUT2D eigenvalue weighted by atomic mass is 16.5. The molecule has 1 rings (SSSR count). The molecule has 15 heavy (non-hydrogen) atoms. The monoisotopic (exact) mass is 208 g/mol. The van der Waals surface area contributed by atoms with E-state index in [0.29, 0.717) is 6.04 Å². The number of rotatable bonds is 7. The van der Waals surface area contributed by atoms with Crippen molar-refractivity contribution in [2.24, 2.45) is 0 Å². The molecule has 3 nitrogen and oxygen atoms in total. The molecule has 1 N–H and O–H groups in total. The van der Waals surface area contributed by atoms with E-state index < -0.39 is 0 Å². The fraction of sp³-hybridized carbons (Fsp3) is 0.583. The third-order valence-corrected chi connectivity index (χ3v) is 2.25. The minimum absolute atomic E-state index is 0.359. The summed E-state index contributed by atoms with van der Waals surface area (Å²) < 4.78 is 5.39. The molecule has 0 aliphatic carbocycles. The molecular formula is C12H20N2O. The molecule has 0 aliphatic heterocycles. The summed E-state index contributed by atoms with van der Waals surface area (Å²) in [5, 5.41) is 3.41. The van der Waals surface area contributed by atoms with Gasteiger partial charge in [0.05, 0.1) is 6.61 Å². The first-order valence-corrected chi connectivity index (χ1v) is 5.55. The SMILES string of the molecule is CCCOCCN[C@H](C)c1ccncc1. The fourth-order valence-electron chi connectivity index (χ4n) is 1.36. The average Bonchev–Trinajstić information content (AvgIpc) is 2.30. The zero-order valence-corrected chi connectivity index (χ0v) is 9.57. The zero-order chi connectivity index (χ0) is 10.9. The van der Waals surface area contributed by atoms with Crippen LogP contribution in [0.5, 0.6) is 0 Å². The summed E-state index contributed by atoms with van der Waals surface area (Å²) in [4.78, 5) is 4.00. The number of hydrogen-bond donors (Lipinski definition) is 1. The fourth-order valence-corrected chi connectivity index (χ4v) is 1.36. The molecular weight excluding hydrogens is 188 g/mol. The number of hydrogen-bond acceptors (Lipinski definition) is 3. The molecule has 0 aliphatic rings.